The molecule has 4 heteroatoms. The van der Waals surface area contributed by atoms with E-state index in [9.17, 15) is 0 Å². The summed E-state index contributed by atoms with van der Waals surface area (Å²) in [4.78, 5) is 4.88. The third-order valence-corrected chi connectivity index (χ3v) is 3.49. The number of nitrogens with two attached hydrogens (primary N) is 1. The van der Waals surface area contributed by atoms with Crippen molar-refractivity contribution in [2.75, 3.05) is 39.3 Å². The molecule has 1 aliphatic carbocycles. The van der Waals surface area contributed by atoms with Crippen molar-refractivity contribution in [3.63, 3.8) is 0 Å². The van der Waals surface area contributed by atoms with Crippen molar-refractivity contribution in [3.05, 3.63) is 0 Å². The van der Waals surface area contributed by atoms with Crippen LogP contribution in [0.2, 0.25) is 0 Å². The van der Waals surface area contributed by atoms with Gasteiger partial charge in [0.2, 0.25) is 0 Å². The Morgan fingerprint density at radius 3 is 2.29 bits per heavy atom. The molecular weight excluding hydrogens is 178 g/mol. The molecule has 0 amide bonds. The van der Waals surface area contributed by atoms with Crippen LogP contribution in [-0.4, -0.2) is 66.3 Å². The molecule has 0 spiro atoms. The van der Waals surface area contributed by atoms with Crippen molar-refractivity contribution >= 4 is 0 Å². The minimum absolute atomic E-state index is 0.286. The minimum atomic E-state index is 0.286. The molecule has 0 atom stereocenters. The van der Waals surface area contributed by atoms with Gasteiger partial charge in [0.25, 0.3) is 0 Å². The predicted octanol–water partition coefficient (Wildman–Crippen LogP) is -0.914. The second-order valence-electron chi connectivity index (χ2n) is 4.49. The van der Waals surface area contributed by atoms with E-state index in [-0.39, 0.29) is 6.61 Å². The Morgan fingerprint density at radius 2 is 1.79 bits per heavy atom. The number of piperazine rings is 1. The zero-order valence-electron chi connectivity index (χ0n) is 8.73. The molecule has 3 N–H and O–H groups in total. The fourth-order valence-electron chi connectivity index (χ4n) is 2.42. The zero-order chi connectivity index (χ0) is 9.97. The van der Waals surface area contributed by atoms with Gasteiger partial charge in [0.05, 0.1) is 6.61 Å². The van der Waals surface area contributed by atoms with Gasteiger partial charge in [0, 0.05) is 44.8 Å². The van der Waals surface area contributed by atoms with Crippen LogP contribution >= 0.6 is 0 Å². The quantitative estimate of drug-likeness (QED) is 0.617. The molecule has 82 valence electrons. The first kappa shape index (κ1) is 10.4. The highest BCUT2D eigenvalue weighted by atomic mass is 16.3. The van der Waals surface area contributed by atoms with Gasteiger partial charge in [-0.1, -0.05) is 0 Å². The van der Waals surface area contributed by atoms with E-state index in [1.54, 1.807) is 0 Å². The van der Waals surface area contributed by atoms with Gasteiger partial charge in [0.15, 0.2) is 0 Å². The van der Waals surface area contributed by atoms with E-state index in [1.165, 1.54) is 12.8 Å². The van der Waals surface area contributed by atoms with Crippen molar-refractivity contribution in [2.45, 2.75) is 24.9 Å². The number of hydrogen-bond acceptors (Lipinski definition) is 4. The fourth-order valence-corrected chi connectivity index (χ4v) is 2.42. The summed E-state index contributed by atoms with van der Waals surface area (Å²) in [5, 5.41) is 8.81. The lowest BCUT2D eigenvalue weighted by Gasteiger charge is -2.45. The molecule has 1 heterocycles. The Kier molecular flexibility index (Phi) is 3.38. The largest absolute Gasteiger partial charge is 0.395 e. The van der Waals surface area contributed by atoms with Crippen LogP contribution in [0.4, 0.5) is 0 Å². The van der Waals surface area contributed by atoms with Crippen LogP contribution in [0.15, 0.2) is 0 Å². The lowest BCUT2D eigenvalue weighted by Crippen LogP contribution is -2.57. The number of aliphatic hydroxyl groups excluding tert-OH is 1. The Morgan fingerprint density at radius 1 is 1.14 bits per heavy atom. The van der Waals surface area contributed by atoms with Crippen LogP contribution in [0.5, 0.6) is 0 Å². The third kappa shape index (κ3) is 2.25. The molecule has 0 radical (unpaired) electrons. The standard InChI is InChI=1S/C10H21N3O/c11-9-7-10(8-9)13-3-1-12(2-4-13)5-6-14/h9-10,14H,1-8,11H2. The first-order chi connectivity index (χ1) is 6.79. The molecule has 0 aromatic carbocycles. The second-order valence-corrected chi connectivity index (χ2v) is 4.49. The molecule has 1 saturated carbocycles. The first-order valence-electron chi connectivity index (χ1n) is 5.62. The maximum absolute atomic E-state index is 8.81. The average Bonchev–Trinajstić information content (AvgIpc) is 2.15. The van der Waals surface area contributed by atoms with E-state index in [0.717, 1.165) is 38.8 Å². The number of hydrogen-bond donors (Lipinski definition) is 2. The van der Waals surface area contributed by atoms with Gasteiger partial charge in [-0.2, -0.15) is 0 Å². The van der Waals surface area contributed by atoms with Crippen LogP contribution in [-0.2, 0) is 0 Å². The van der Waals surface area contributed by atoms with Gasteiger partial charge in [-0.05, 0) is 12.8 Å². The molecule has 1 saturated heterocycles. The normalized spacial score (nSPS) is 35.6. The van der Waals surface area contributed by atoms with Gasteiger partial charge >= 0.3 is 0 Å². The summed E-state index contributed by atoms with van der Waals surface area (Å²) in [6, 6.07) is 1.21. The van der Waals surface area contributed by atoms with Crippen LogP contribution < -0.4 is 5.73 Å². The van der Waals surface area contributed by atoms with Crippen LogP contribution in [0, 0.1) is 0 Å². The lowest BCUT2D eigenvalue weighted by molar-refractivity contribution is 0.0467. The predicted molar refractivity (Wildman–Crippen MR) is 56.1 cm³/mol. The van der Waals surface area contributed by atoms with Crippen molar-refractivity contribution in [1.82, 2.24) is 9.80 Å². The smallest absolute Gasteiger partial charge is 0.0558 e. The van der Waals surface area contributed by atoms with E-state index in [0.29, 0.717) is 6.04 Å². The third-order valence-electron chi connectivity index (χ3n) is 3.49. The lowest BCUT2D eigenvalue weighted by atomic mass is 9.86. The molecule has 4 nitrogen and oxygen atoms in total. The van der Waals surface area contributed by atoms with Gasteiger partial charge < -0.3 is 10.8 Å². The average molecular weight is 199 g/mol. The maximum atomic E-state index is 8.81. The molecule has 2 fully saturated rings. The topological polar surface area (TPSA) is 52.7 Å². The summed E-state index contributed by atoms with van der Waals surface area (Å²) in [6.45, 7) is 5.62. The Labute approximate surface area is 85.7 Å². The van der Waals surface area contributed by atoms with Crippen LogP contribution in [0.3, 0.4) is 0 Å². The Balaban J connectivity index is 1.68. The zero-order valence-corrected chi connectivity index (χ0v) is 8.73. The highest BCUT2D eigenvalue weighted by Crippen LogP contribution is 2.24. The minimum Gasteiger partial charge on any atom is -0.395 e. The van der Waals surface area contributed by atoms with Gasteiger partial charge in [-0.3, -0.25) is 9.80 Å². The molecule has 1 aliphatic heterocycles. The summed E-state index contributed by atoms with van der Waals surface area (Å²) in [6.07, 6.45) is 2.36. The van der Waals surface area contributed by atoms with E-state index >= 15 is 0 Å². The van der Waals surface area contributed by atoms with Gasteiger partial charge in [0.1, 0.15) is 0 Å². The highest BCUT2D eigenvalue weighted by molar-refractivity contribution is 4.91. The molecule has 0 aromatic heterocycles. The molecular formula is C10H21N3O. The summed E-state index contributed by atoms with van der Waals surface area (Å²) in [7, 11) is 0. The first-order valence-corrected chi connectivity index (χ1v) is 5.62. The molecule has 0 unspecified atom stereocenters. The Hall–Kier alpha value is -0.160. The van der Waals surface area contributed by atoms with Crippen molar-refractivity contribution in [2.24, 2.45) is 5.73 Å². The molecule has 14 heavy (non-hydrogen) atoms. The number of aliphatic hydroxyl groups is 1. The van der Waals surface area contributed by atoms with Gasteiger partial charge in [-0.25, -0.2) is 0 Å². The Bertz CT molecular complexity index is 174. The van der Waals surface area contributed by atoms with E-state index in [2.05, 4.69) is 9.80 Å². The van der Waals surface area contributed by atoms with E-state index < -0.39 is 0 Å². The highest BCUT2D eigenvalue weighted by Gasteiger charge is 2.32. The second kappa shape index (κ2) is 4.57. The van der Waals surface area contributed by atoms with Crippen molar-refractivity contribution < 1.29 is 5.11 Å². The summed E-state index contributed by atoms with van der Waals surface area (Å²) in [5.74, 6) is 0. The molecule has 0 aromatic rings. The van der Waals surface area contributed by atoms with E-state index in [4.69, 9.17) is 10.8 Å². The van der Waals surface area contributed by atoms with Crippen LogP contribution in [0.1, 0.15) is 12.8 Å². The molecule has 2 rings (SSSR count). The number of rotatable bonds is 3. The summed E-state index contributed by atoms with van der Waals surface area (Å²) >= 11 is 0. The fraction of sp³-hybridized carbons (Fsp3) is 1.00. The van der Waals surface area contributed by atoms with Crippen molar-refractivity contribution in [1.29, 1.82) is 0 Å². The van der Waals surface area contributed by atoms with Crippen LogP contribution in [0.25, 0.3) is 0 Å². The SMILES string of the molecule is NC1CC(N2CCN(CCO)CC2)C1. The van der Waals surface area contributed by atoms with E-state index in [1.807, 2.05) is 0 Å². The van der Waals surface area contributed by atoms with Crippen molar-refractivity contribution in [3.8, 4) is 0 Å². The molecule has 0 bridgehead atoms. The molecule has 2 aliphatic rings. The summed E-state index contributed by atoms with van der Waals surface area (Å²) in [5.41, 5.74) is 5.78. The number of β-amino-alcohol motifs (C(OH)–C–C–N with tert-alkyl or cyclic N) is 1. The summed E-state index contributed by atoms with van der Waals surface area (Å²) < 4.78 is 0. The van der Waals surface area contributed by atoms with Gasteiger partial charge in [-0.15, -0.1) is 0 Å². The number of nitrogens with zero attached hydrogens (tertiary/aromatic N) is 2. The monoisotopic (exact) mass is 199 g/mol. The maximum Gasteiger partial charge on any atom is 0.0558 e.